The van der Waals surface area contributed by atoms with Gasteiger partial charge in [0.15, 0.2) is 30.3 Å². The number of hydrogen-bond acceptors (Lipinski definition) is 11. The Morgan fingerprint density at radius 1 is 0.714 bits per heavy atom. The molecule has 2 aliphatic heterocycles. The maximum absolute atomic E-state index is 13.9. The lowest BCUT2D eigenvalue weighted by Crippen LogP contribution is -2.68. The summed E-state index contributed by atoms with van der Waals surface area (Å²) in [6.07, 6.45) is -1.18. The molecule has 0 unspecified atom stereocenters. The normalized spacial score (nSPS) is 25.0. The molecule has 0 saturated carbocycles. The van der Waals surface area contributed by atoms with E-state index in [1.165, 1.54) is 11.3 Å². The van der Waals surface area contributed by atoms with Crippen LogP contribution in [0.5, 0.6) is 0 Å². The van der Waals surface area contributed by atoms with Crippen molar-refractivity contribution in [3.05, 3.63) is 42.6 Å². The number of ketones is 1. The number of carbonyl (C=O) groups is 5. The predicted octanol–water partition coefficient (Wildman–Crippen LogP) is 7.36. The van der Waals surface area contributed by atoms with Crippen LogP contribution in [-0.2, 0) is 47.7 Å². The maximum atomic E-state index is 13.9. The summed E-state index contributed by atoms with van der Waals surface area (Å²) >= 11 is 0. The maximum Gasteiger partial charge on any atom is 0.311 e. The third-order valence-electron chi connectivity index (χ3n) is 10.4. The summed E-state index contributed by atoms with van der Waals surface area (Å²) in [7, 11) is -1.84. The zero-order valence-corrected chi connectivity index (χ0v) is 37.6. The predicted molar refractivity (Wildman–Crippen MR) is 218 cm³/mol. The van der Waals surface area contributed by atoms with Gasteiger partial charge in [-0.25, -0.2) is 0 Å². The van der Waals surface area contributed by atoms with Crippen LogP contribution in [0.1, 0.15) is 109 Å². The molecule has 0 aromatic heterocycles. The molecule has 1 saturated heterocycles. The molecule has 1 aromatic rings. The Hall–Kier alpha value is -3.51. The van der Waals surface area contributed by atoms with Crippen molar-refractivity contribution in [2.45, 2.75) is 165 Å². The van der Waals surface area contributed by atoms with Crippen molar-refractivity contribution < 1.29 is 47.7 Å². The van der Waals surface area contributed by atoms with Crippen molar-refractivity contribution in [3.63, 3.8) is 0 Å². The minimum absolute atomic E-state index is 0.0179. The van der Waals surface area contributed by atoms with Crippen LogP contribution in [0.3, 0.4) is 0 Å². The number of benzene rings is 1. The van der Waals surface area contributed by atoms with Gasteiger partial charge in [-0.1, -0.05) is 68.0 Å². The van der Waals surface area contributed by atoms with Crippen LogP contribution in [0.15, 0.2) is 42.6 Å². The van der Waals surface area contributed by atoms with Gasteiger partial charge in [0.05, 0.1) is 29.7 Å². The van der Waals surface area contributed by atoms with Gasteiger partial charge in [-0.3, -0.25) is 24.0 Å². The highest BCUT2D eigenvalue weighted by molar-refractivity contribution is 6.89. The van der Waals surface area contributed by atoms with E-state index in [2.05, 4.69) is 37.4 Å². The molecule has 12 heteroatoms. The van der Waals surface area contributed by atoms with Gasteiger partial charge in [-0.05, 0) is 102 Å². The Bertz CT molecular complexity index is 1580. The molecule has 0 bridgehead atoms. The number of carbonyl (C=O) groups excluding carboxylic acids is 5. The van der Waals surface area contributed by atoms with Crippen LogP contribution in [-0.4, -0.2) is 85.9 Å². The summed E-state index contributed by atoms with van der Waals surface area (Å²) < 4.78 is 31.5. The number of rotatable bonds is 12. The average Bonchev–Trinajstić information content (AvgIpc) is 3.07. The monoisotopic (exact) mass is 799 g/mol. The molecule has 3 rings (SSSR count). The van der Waals surface area contributed by atoms with E-state index in [-0.39, 0.29) is 18.4 Å². The Balaban J connectivity index is 2.23. The van der Waals surface area contributed by atoms with E-state index >= 15 is 0 Å². The van der Waals surface area contributed by atoms with Gasteiger partial charge in [0, 0.05) is 18.2 Å². The largest absolute Gasteiger partial charge is 0.462 e. The number of esters is 4. The smallest absolute Gasteiger partial charge is 0.311 e. The SMILES string of the molecule is CC[C@@H]1C(=O)C=CN([C@@H]2O[C@H](COC(=O)C(C)(C)C)[C@H](OC(=O)C(C)(C)C)[C@H](OC(=O)C(C)(C)C)[C@H]2OC(=O)C(C)(C)C)[C@H]1CCC[Si](C)(C)c1ccccc1. The average molecular weight is 800 g/mol. The Labute approximate surface area is 336 Å². The standard InChI is InChI=1S/C44H69NO10Si/c1-16-29-30(23-20-26-56(14,15)28-21-18-17-19-22-28)45(25-24-31(29)46)36-35(55-40(50)44(11,12)13)34(54-39(49)43(8,9)10)33(53-38(48)42(5,6)7)32(52-36)27-51-37(47)41(2,3)4/h17-19,21-22,24-25,29-30,32-36H,16,20,23,26-27H2,1-15H3/t29-,30-,32+,33-,34-,35+,36+/m0/s1. The molecular weight excluding hydrogens is 731 g/mol. The van der Waals surface area contributed by atoms with Gasteiger partial charge >= 0.3 is 23.9 Å². The summed E-state index contributed by atoms with van der Waals surface area (Å²) in [5, 5.41) is 1.35. The van der Waals surface area contributed by atoms with Crippen LogP contribution in [0.25, 0.3) is 0 Å². The second-order valence-corrected chi connectivity index (χ2v) is 25.0. The van der Waals surface area contributed by atoms with Crippen LogP contribution in [0, 0.1) is 27.6 Å². The van der Waals surface area contributed by atoms with E-state index in [0.717, 1.165) is 12.5 Å². The van der Waals surface area contributed by atoms with Crippen LogP contribution in [0.4, 0.5) is 0 Å². The van der Waals surface area contributed by atoms with Crippen molar-refractivity contribution in [2.75, 3.05) is 6.61 Å². The summed E-state index contributed by atoms with van der Waals surface area (Å²) in [4.78, 5) is 70.0. The van der Waals surface area contributed by atoms with Gasteiger partial charge in [0.25, 0.3) is 0 Å². The number of hydrogen-bond donors (Lipinski definition) is 0. The molecule has 56 heavy (non-hydrogen) atoms. The summed E-state index contributed by atoms with van der Waals surface area (Å²) in [5.74, 6) is -2.78. The molecule has 0 amide bonds. The zero-order chi connectivity index (χ0) is 42.6. The molecule has 2 aliphatic rings. The van der Waals surface area contributed by atoms with Crippen molar-refractivity contribution in [3.8, 4) is 0 Å². The summed E-state index contributed by atoms with van der Waals surface area (Å²) in [6, 6.07) is 11.1. The van der Waals surface area contributed by atoms with Crippen LogP contribution < -0.4 is 5.19 Å². The fourth-order valence-corrected chi connectivity index (χ4v) is 9.09. The molecule has 11 nitrogen and oxygen atoms in total. The van der Waals surface area contributed by atoms with E-state index in [0.29, 0.717) is 12.8 Å². The highest BCUT2D eigenvalue weighted by atomic mass is 28.3. The van der Waals surface area contributed by atoms with Gasteiger partial charge < -0.3 is 28.6 Å². The first kappa shape index (κ1) is 46.9. The van der Waals surface area contributed by atoms with Gasteiger partial charge in [-0.15, -0.1) is 0 Å². The van der Waals surface area contributed by atoms with Crippen LogP contribution >= 0.6 is 0 Å². The number of ether oxygens (including phenoxy) is 5. The lowest BCUT2D eigenvalue weighted by Gasteiger charge is -2.52. The first-order chi connectivity index (χ1) is 25.6. The summed E-state index contributed by atoms with van der Waals surface area (Å²) in [6.45, 7) is 26.8. The molecule has 0 spiro atoms. The second kappa shape index (κ2) is 18.0. The molecule has 7 atom stereocenters. The van der Waals surface area contributed by atoms with E-state index in [1.54, 1.807) is 89.3 Å². The summed E-state index contributed by atoms with van der Waals surface area (Å²) in [5.41, 5.74) is -3.82. The molecule has 2 heterocycles. The zero-order valence-electron chi connectivity index (χ0n) is 36.6. The number of nitrogens with zero attached hydrogens (tertiary/aromatic N) is 1. The third kappa shape index (κ3) is 12.0. The third-order valence-corrected chi connectivity index (χ3v) is 13.9. The topological polar surface area (TPSA) is 135 Å². The molecule has 314 valence electrons. The van der Waals surface area contributed by atoms with Gasteiger partial charge in [0.2, 0.25) is 0 Å². The minimum Gasteiger partial charge on any atom is -0.462 e. The molecular formula is C44H69NO10Si. The van der Waals surface area contributed by atoms with Gasteiger partial charge in [0.1, 0.15) is 12.7 Å². The lowest BCUT2D eigenvalue weighted by molar-refractivity contribution is -0.284. The highest BCUT2D eigenvalue weighted by Gasteiger charge is 2.57. The molecule has 0 radical (unpaired) electrons. The first-order valence-corrected chi connectivity index (χ1v) is 23.3. The number of allylic oxidation sites excluding steroid dienone is 1. The second-order valence-electron chi connectivity index (χ2n) is 20.2. The fourth-order valence-electron chi connectivity index (χ4n) is 6.62. The van der Waals surface area contributed by atoms with Crippen molar-refractivity contribution >= 4 is 42.9 Å². The highest BCUT2D eigenvalue weighted by Crippen LogP contribution is 2.39. The van der Waals surface area contributed by atoms with E-state index in [9.17, 15) is 24.0 Å². The van der Waals surface area contributed by atoms with Gasteiger partial charge in [-0.2, -0.15) is 0 Å². The Morgan fingerprint density at radius 2 is 1.20 bits per heavy atom. The van der Waals surface area contributed by atoms with E-state index in [4.69, 9.17) is 23.7 Å². The van der Waals surface area contributed by atoms with E-state index in [1.807, 2.05) is 17.9 Å². The minimum atomic E-state index is -1.84. The van der Waals surface area contributed by atoms with Crippen molar-refractivity contribution in [1.29, 1.82) is 0 Å². The molecule has 0 aliphatic carbocycles. The van der Waals surface area contributed by atoms with Crippen LogP contribution in [0.2, 0.25) is 19.1 Å². The van der Waals surface area contributed by atoms with E-state index < -0.39 is 90.2 Å². The molecule has 1 aromatic carbocycles. The molecule has 0 N–H and O–H groups in total. The first-order valence-electron chi connectivity index (χ1n) is 20.1. The Morgan fingerprint density at radius 3 is 1.68 bits per heavy atom. The fraction of sp³-hybridized carbons (Fsp3) is 0.705. The Kier molecular flexibility index (Phi) is 15.0. The quantitative estimate of drug-likeness (QED) is 0.119. The van der Waals surface area contributed by atoms with Crippen molar-refractivity contribution in [2.24, 2.45) is 27.6 Å². The molecule has 1 fully saturated rings. The van der Waals surface area contributed by atoms with Crippen molar-refractivity contribution in [1.82, 2.24) is 4.90 Å². The lowest BCUT2D eigenvalue weighted by atomic mass is 9.84.